The summed E-state index contributed by atoms with van der Waals surface area (Å²) >= 11 is 0. The van der Waals surface area contributed by atoms with E-state index in [-0.39, 0.29) is 12.7 Å². The Hall–Kier alpha value is -2.67. The summed E-state index contributed by atoms with van der Waals surface area (Å²) in [6, 6.07) is 14.7. The van der Waals surface area contributed by atoms with Crippen molar-refractivity contribution in [2.45, 2.75) is 6.61 Å². The van der Waals surface area contributed by atoms with E-state index in [0.717, 1.165) is 11.1 Å². The number of benzene rings is 2. The maximum Gasteiger partial charge on any atom is 0.245 e. The minimum atomic E-state index is -0.329. The molecule has 0 aliphatic heterocycles. The van der Waals surface area contributed by atoms with Crippen molar-refractivity contribution >= 4 is 11.6 Å². The molecule has 0 heterocycles. The third-order valence-electron chi connectivity index (χ3n) is 3.29. The zero-order chi connectivity index (χ0) is 17.4. The summed E-state index contributed by atoms with van der Waals surface area (Å²) in [5, 5.41) is 8.72. The van der Waals surface area contributed by atoms with Crippen LogP contribution in [0.1, 0.15) is 16.7 Å². The molecule has 2 aromatic rings. The van der Waals surface area contributed by atoms with E-state index in [4.69, 9.17) is 25.3 Å². The van der Waals surface area contributed by atoms with Crippen LogP contribution in [0.5, 0.6) is 5.75 Å². The van der Waals surface area contributed by atoms with Crippen LogP contribution in [-0.2, 0) is 16.2 Å². The lowest BCUT2D eigenvalue weighted by Gasteiger charge is -2.09. The maximum absolute atomic E-state index is 8.72. The average molecular weight is 328 g/mol. The molecule has 0 spiro atoms. The van der Waals surface area contributed by atoms with Crippen LogP contribution in [0.15, 0.2) is 60.1 Å². The van der Waals surface area contributed by atoms with Gasteiger partial charge < -0.3 is 19.4 Å². The maximum atomic E-state index is 8.72. The number of nitrogens with two attached hydrogens (primary N) is 1. The Labute approximate surface area is 140 Å². The highest BCUT2D eigenvalue weighted by molar-refractivity contribution is 5.97. The zero-order valence-corrected chi connectivity index (χ0v) is 13.4. The number of nitrogens with zero attached hydrogens (tertiary/aromatic N) is 1. The fraction of sp³-hybridized carbons (Fsp3) is 0.167. The molecule has 6 heteroatoms. The highest BCUT2D eigenvalue weighted by Gasteiger charge is 2.08. The molecule has 2 rings (SSSR count). The number of hydrogen-bond donors (Lipinski definition) is 2. The summed E-state index contributed by atoms with van der Waals surface area (Å²) in [6.07, 6.45) is 0. The second-order valence-corrected chi connectivity index (χ2v) is 4.89. The molecule has 0 radical (unpaired) electrons. The van der Waals surface area contributed by atoms with E-state index in [1.54, 1.807) is 13.2 Å². The molecule has 0 fully saturated rings. The molecule has 6 nitrogen and oxygen atoms in total. The van der Waals surface area contributed by atoms with Crippen LogP contribution in [0.2, 0.25) is 0 Å². The van der Waals surface area contributed by atoms with Gasteiger partial charge in [-0.1, -0.05) is 30.8 Å². The van der Waals surface area contributed by atoms with Gasteiger partial charge in [-0.05, 0) is 35.4 Å². The van der Waals surface area contributed by atoms with Crippen molar-refractivity contribution in [1.29, 1.82) is 0 Å². The molecule has 0 bridgehead atoms. The largest absolute Gasteiger partial charge is 0.497 e. The molecule has 0 aromatic heterocycles. The van der Waals surface area contributed by atoms with Crippen molar-refractivity contribution in [1.82, 2.24) is 0 Å². The topological polar surface area (TPSA) is 86.3 Å². The van der Waals surface area contributed by atoms with E-state index >= 15 is 0 Å². The van der Waals surface area contributed by atoms with Gasteiger partial charge in [-0.2, -0.15) is 5.90 Å². The summed E-state index contributed by atoms with van der Waals surface area (Å²) in [4.78, 5) is 9.26. The molecule has 0 atom stereocenters. The molecule has 24 heavy (non-hydrogen) atoms. The predicted octanol–water partition coefficient (Wildman–Crippen LogP) is 2.47. The Morgan fingerprint density at radius 1 is 1.17 bits per heavy atom. The van der Waals surface area contributed by atoms with E-state index in [1.165, 1.54) is 0 Å². The minimum Gasteiger partial charge on any atom is -0.497 e. The number of aliphatic hydroxyl groups excluding tert-OH is 1. The van der Waals surface area contributed by atoms with Crippen molar-refractivity contribution in [3.8, 4) is 5.75 Å². The van der Waals surface area contributed by atoms with Gasteiger partial charge in [0.05, 0.1) is 19.4 Å². The number of aliphatic imine (C=N–C) groups is 1. The summed E-state index contributed by atoms with van der Waals surface area (Å²) in [6.45, 7) is 3.93. The van der Waals surface area contributed by atoms with Gasteiger partial charge in [0.1, 0.15) is 12.5 Å². The summed E-state index contributed by atoms with van der Waals surface area (Å²) in [5.74, 6) is 6.26. The van der Waals surface area contributed by atoms with E-state index < -0.39 is 0 Å². The second-order valence-electron chi connectivity index (χ2n) is 4.89. The molecular formula is C18H20N2O4. The van der Waals surface area contributed by atoms with Gasteiger partial charge in [-0.25, -0.2) is 4.99 Å². The van der Waals surface area contributed by atoms with Gasteiger partial charge in [0, 0.05) is 5.56 Å². The number of ether oxygens (including phenoxy) is 2. The number of aliphatic hydroxyl groups is 1. The van der Waals surface area contributed by atoms with Gasteiger partial charge in [0.2, 0.25) is 5.90 Å². The van der Waals surface area contributed by atoms with Crippen molar-refractivity contribution < 1.29 is 19.4 Å². The quantitative estimate of drug-likeness (QED) is 0.353. The van der Waals surface area contributed by atoms with Gasteiger partial charge in [0.15, 0.2) is 0 Å². The van der Waals surface area contributed by atoms with E-state index in [1.807, 2.05) is 42.5 Å². The zero-order valence-electron chi connectivity index (χ0n) is 13.4. The van der Waals surface area contributed by atoms with Crippen LogP contribution in [0.4, 0.5) is 0 Å². The fourth-order valence-corrected chi connectivity index (χ4v) is 2.11. The number of hydrogen-bond acceptors (Lipinski definition) is 6. The Kier molecular flexibility index (Phi) is 6.51. The highest BCUT2D eigenvalue weighted by atomic mass is 16.6. The lowest BCUT2D eigenvalue weighted by Crippen LogP contribution is -2.12. The van der Waals surface area contributed by atoms with Crippen LogP contribution in [-0.4, -0.2) is 24.9 Å². The molecule has 126 valence electrons. The van der Waals surface area contributed by atoms with Crippen LogP contribution >= 0.6 is 0 Å². The van der Waals surface area contributed by atoms with Crippen LogP contribution in [0, 0.1) is 0 Å². The van der Waals surface area contributed by atoms with Crippen molar-refractivity contribution in [2.24, 2.45) is 10.9 Å². The summed E-state index contributed by atoms with van der Waals surface area (Å²) in [5.41, 5.74) is 2.86. The molecule has 0 aliphatic rings. The SMILES string of the molecule is C=C(N=C(ON)c1cccc(OC)c1)c1cccc(COCO)c1. The Bertz CT molecular complexity index is 728. The summed E-state index contributed by atoms with van der Waals surface area (Å²) < 4.78 is 10.2. The molecule has 0 saturated heterocycles. The molecule has 3 N–H and O–H groups in total. The Morgan fingerprint density at radius 3 is 2.62 bits per heavy atom. The Balaban J connectivity index is 2.25. The van der Waals surface area contributed by atoms with E-state index in [0.29, 0.717) is 23.6 Å². The van der Waals surface area contributed by atoms with Gasteiger partial charge in [-0.3, -0.25) is 0 Å². The third-order valence-corrected chi connectivity index (χ3v) is 3.29. The lowest BCUT2D eigenvalue weighted by atomic mass is 10.1. The van der Waals surface area contributed by atoms with E-state index in [9.17, 15) is 0 Å². The predicted molar refractivity (Wildman–Crippen MR) is 92.2 cm³/mol. The fourth-order valence-electron chi connectivity index (χ4n) is 2.11. The smallest absolute Gasteiger partial charge is 0.245 e. The molecule has 0 aliphatic carbocycles. The van der Waals surface area contributed by atoms with Gasteiger partial charge in [-0.15, -0.1) is 0 Å². The Morgan fingerprint density at radius 2 is 1.92 bits per heavy atom. The van der Waals surface area contributed by atoms with Crippen LogP contribution < -0.4 is 10.6 Å². The van der Waals surface area contributed by atoms with Crippen molar-refractivity contribution in [3.63, 3.8) is 0 Å². The van der Waals surface area contributed by atoms with Crippen molar-refractivity contribution in [2.75, 3.05) is 13.9 Å². The first-order chi connectivity index (χ1) is 11.7. The molecular weight excluding hydrogens is 308 g/mol. The monoisotopic (exact) mass is 328 g/mol. The number of methoxy groups -OCH3 is 1. The highest BCUT2D eigenvalue weighted by Crippen LogP contribution is 2.19. The normalized spacial score (nSPS) is 11.2. The average Bonchev–Trinajstić information content (AvgIpc) is 2.64. The first-order valence-electron chi connectivity index (χ1n) is 7.24. The van der Waals surface area contributed by atoms with Crippen LogP contribution in [0.25, 0.3) is 5.70 Å². The standard InChI is InChI=1S/C18H20N2O4/c1-13(15-6-3-5-14(9-15)11-23-12-21)20-18(24-19)16-7-4-8-17(10-16)22-2/h3-10,21H,1,11-12,19H2,2H3. The van der Waals surface area contributed by atoms with Crippen LogP contribution in [0.3, 0.4) is 0 Å². The molecule has 0 amide bonds. The minimum absolute atomic E-state index is 0.232. The molecule has 0 saturated carbocycles. The third kappa shape index (κ3) is 4.66. The number of rotatable bonds is 7. The van der Waals surface area contributed by atoms with Gasteiger partial charge in [0.25, 0.3) is 0 Å². The molecule has 2 aromatic carbocycles. The van der Waals surface area contributed by atoms with Gasteiger partial charge >= 0.3 is 0 Å². The first kappa shape index (κ1) is 17.7. The van der Waals surface area contributed by atoms with Crippen molar-refractivity contribution in [3.05, 3.63) is 71.8 Å². The first-order valence-corrected chi connectivity index (χ1v) is 7.24. The lowest BCUT2D eigenvalue weighted by molar-refractivity contribution is -0.0112. The van der Waals surface area contributed by atoms with E-state index in [2.05, 4.69) is 11.6 Å². The molecule has 0 unspecified atom stereocenters. The second kappa shape index (κ2) is 8.83. The summed E-state index contributed by atoms with van der Waals surface area (Å²) in [7, 11) is 1.58.